The van der Waals surface area contributed by atoms with Crippen LogP contribution in [-0.4, -0.2) is 38.6 Å². The predicted octanol–water partition coefficient (Wildman–Crippen LogP) is 0.129. The van der Waals surface area contributed by atoms with E-state index in [1.165, 1.54) is 0 Å². The Kier molecular flexibility index (Phi) is 4.34. The van der Waals surface area contributed by atoms with Crippen LogP contribution in [-0.2, 0) is 4.74 Å². The fraction of sp³-hybridized carbons (Fsp3) is 0.500. The average molecular weight is 322 g/mol. The summed E-state index contributed by atoms with van der Waals surface area (Å²) >= 11 is 0. The monoisotopic (exact) mass is 322 g/mol. The molecule has 0 heterocycles. The minimum absolute atomic E-state index is 0.189. The molecule has 1 aliphatic rings. The third-order valence-corrected chi connectivity index (χ3v) is 2.92. The van der Waals surface area contributed by atoms with Gasteiger partial charge in [0.2, 0.25) is 0 Å². The summed E-state index contributed by atoms with van der Waals surface area (Å²) in [6, 6.07) is -1.90. The van der Waals surface area contributed by atoms with Crippen LogP contribution < -0.4 is 0 Å². The van der Waals surface area contributed by atoms with Crippen molar-refractivity contribution < 1.29 is 28.8 Å². The molecule has 0 unspecified atom stereocenters. The van der Waals surface area contributed by atoms with E-state index in [1.54, 1.807) is 0 Å². The van der Waals surface area contributed by atoms with Gasteiger partial charge in [0.15, 0.2) is 20.5 Å². The van der Waals surface area contributed by atoms with Gasteiger partial charge in [-0.2, -0.15) is 0 Å². The predicted molar refractivity (Wildman–Crippen MR) is 62.3 cm³/mol. The van der Waals surface area contributed by atoms with Crippen LogP contribution >= 0.6 is 0 Å². The lowest BCUT2D eigenvalue weighted by molar-refractivity contribution is -0.975. The lowest BCUT2D eigenvalue weighted by atomic mass is 9.92. The Bertz CT molecular complexity index is 579. The Hall–Kier alpha value is -3.19. The third kappa shape index (κ3) is 2.29. The summed E-state index contributed by atoms with van der Waals surface area (Å²) in [5.74, 6) is -9.19. The number of rotatable bonds is 6. The first-order chi connectivity index (χ1) is 10.1. The van der Waals surface area contributed by atoms with Crippen molar-refractivity contribution in [3.63, 3.8) is 0 Å². The van der Waals surface area contributed by atoms with Crippen LogP contribution in [0.5, 0.6) is 0 Å². The Morgan fingerprint density at radius 3 is 1.82 bits per heavy atom. The second-order valence-corrected chi connectivity index (χ2v) is 3.99. The van der Waals surface area contributed by atoms with Crippen LogP contribution in [0.4, 0.5) is 4.39 Å². The van der Waals surface area contributed by atoms with E-state index in [4.69, 9.17) is 0 Å². The van der Waals surface area contributed by atoms with E-state index in [0.29, 0.717) is 6.08 Å². The van der Waals surface area contributed by atoms with Gasteiger partial charge in [-0.15, -0.1) is 0 Å². The zero-order valence-electron chi connectivity index (χ0n) is 10.7. The third-order valence-electron chi connectivity index (χ3n) is 2.92. The highest BCUT2D eigenvalue weighted by Crippen LogP contribution is 2.36. The Balaban J connectivity index is 3.58. The summed E-state index contributed by atoms with van der Waals surface area (Å²) in [4.78, 5) is 36.7. The number of nitro groups is 4. The zero-order chi connectivity index (χ0) is 17.2. The fourth-order valence-corrected chi connectivity index (χ4v) is 1.87. The van der Waals surface area contributed by atoms with E-state index in [-0.39, 0.29) is 6.08 Å². The molecular weight excluding hydrogens is 315 g/mol. The molecule has 0 fully saturated rings. The summed E-state index contributed by atoms with van der Waals surface area (Å²) in [5, 5.41) is 43.4. The largest absolute Gasteiger partial charge is 0.712 e. The van der Waals surface area contributed by atoms with Crippen molar-refractivity contribution in [3.8, 4) is 0 Å². The van der Waals surface area contributed by atoms with Crippen molar-refractivity contribution >= 4 is 0 Å². The number of ether oxygens (including phenoxy) is 1. The molecule has 1 aliphatic carbocycles. The number of halogens is 1. The topological polar surface area (TPSA) is 182 Å². The van der Waals surface area contributed by atoms with E-state index in [1.807, 2.05) is 0 Å². The molecule has 0 aliphatic heterocycles. The highest BCUT2D eigenvalue weighted by Gasteiger charge is 2.78. The van der Waals surface area contributed by atoms with Crippen molar-refractivity contribution in [2.45, 2.75) is 11.8 Å². The molecule has 120 valence electrons. The second-order valence-electron chi connectivity index (χ2n) is 3.99. The fourth-order valence-electron chi connectivity index (χ4n) is 1.87. The van der Waals surface area contributed by atoms with Gasteiger partial charge in [0.1, 0.15) is 5.83 Å². The average Bonchev–Trinajstić information content (AvgIpc) is 2.39. The highest BCUT2D eigenvalue weighted by atomic mass is 19.1. The normalized spacial score (nSPS) is 21.4. The molecule has 0 N–H and O–H groups in total. The molecule has 0 amide bonds. The molecule has 14 heteroatoms. The second kappa shape index (κ2) is 5.66. The van der Waals surface area contributed by atoms with E-state index in [9.17, 15) is 44.8 Å². The smallest absolute Gasteiger partial charge is 0.494 e. The van der Waals surface area contributed by atoms with Crippen LogP contribution in [0.2, 0.25) is 0 Å². The molecule has 0 saturated carbocycles. The Morgan fingerprint density at radius 2 is 1.50 bits per heavy atom. The standard InChI is InChI=1S/C8H7FN4O9/c1-22-7-2-4(5(9)3-6(7)10(14)15)8(11(16)17,12(18)19)13(20)21/h2-4,6H,1H3/t4-,6-/m1/s1. The SMILES string of the molecule is COC1=C[C@@H](C([N+](=O)[O-])([N+](=O)[O-])[N+](=O)[O-])C(F)=C[C@H]1[N+](=O)[O-]. The molecule has 0 aromatic rings. The van der Waals surface area contributed by atoms with Crippen LogP contribution in [0.3, 0.4) is 0 Å². The van der Waals surface area contributed by atoms with Gasteiger partial charge in [-0.3, -0.25) is 40.5 Å². The summed E-state index contributed by atoms with van der Waals surface area (Å²) in [7, 11) is 0.891. The van der Waals surface area contributed by atoms with E-state index in [2.05, 4.69) is 4.74 Å². The maximum Gasteiger partial charge on any atom is 0.712 e. The molecule has 0 saturated heterocycles. The summed E-state index contributed by atoms with van der Waals surface area (Å²) in [6.45, 7) is 0. The molecule has 0 aromatic heterocycles. The van der Waals surface area contributed by atoms with Crippen LogP contribution in [0.25, 0.3) is 0 Å². The maximum absolute atomic E-state index is 13.9. The van der Waals surface area contributed by atoms with Crippen LogP contribution in [0.15, 0.2) is 23.7 Å². The number of methoxy groups -OCH3 is 1. The van der Waals surface area contributed by atoms with E-state index < -0.39 is 49.0 Å². The number of hydrogen-bond acceptors (Lipinski definition) is 9. The van der Waals surface area contributed by atoms with Gasteiger partial charge in [-0.1, -0.05) is 0 Å². The van der Waals surface area contributed by atoms with Crippen molar-refractivity contribution in [1.82, 2.24) is 0 Å². The first-order valence-corrected chi connectivity index (χ1v) is 5.30. The minimum Gasteiger partial charge on any atom is -0.494 e. The first kappa shape index (κ1) is 16.9. The minimum atomic E-state index is -4.16. The number of nitrogens with zero attached hydrogens (tertiary/aromatic N) is 4. The van der Waals surface area contributed by atoms with Crippen molar-refractivity contribution in [3.05, 3.63) is 64.2 Å². The molecule has 2 atom stereocenters. The van der Waals surface area contributed by atoms with Gasteiger partial charge in [0.25, 0.3) is 12.0 Å². The molecule has 1 rings (SSSR count). The van der Waals surface area contributed by atoms with Gasteiger partial charge in [-0.25, -0.2) is 4.39 Å². The van der Waals surface area contributed by atoms with Gasteiger partial charge < -0.3 is 4.74 Å². The molecule has 0 radical (unpaired) electrons. The van der Waals surface area contributed by atoms with Gasteiger partial charge in [0, 0.05) is 11.0 Å². The van der Waals surface area contributed by atoms with Gasteiger partial charge >= 0.3 is 5.79 Å². The zero-order valence-corrected chi connectivity index (χ0v) is 10.7. The summed E-state index contributed by atoms with van der Waals surface area (Å²) in [5.41, 5.74) is 0. The Labute approximate surface area is 119 Å². The molecule has 0 bridgehead atoms. The van der Waals surface area contributed by atoms with Crippen LogP contribution in [0.1, 0.15) is 0 Å². The van der Waals surface area contributed by atoms with Crippen LogP contribution in [0, 0.1) is 46.4 Å². The summed E-state index contributed by atoms with van der Waals surface area (Å²) in [6.07, 6.45) is 0.492. The van der Waals surface area contributed by atoms with Crippen molar-refractivity contribution in [1.29, 1.82) is 0 Å². The van der Waals surface area contributed by atoms with Crippen molar-refractivity contribution in [2.24, 2.45) is 5.92 Å². The molecular formula is C8H7FN4O9. The molecule has 13 nitrogen and oxygen atoms in total. The molecule has 0 spiro atoms. The quantitative estimate of drug-likeness (QED) is 0.372. The molecule has 22 heavy (non-hydrogen) atoms. The van der Waals surface area contributed by atoms with E-state index in [0.717, 1.165) is 7.11 Å². The summed E-state index contributed by atoms with van der Waals surface area (Å²) < 4.78 is 18.4. The Morgan fingerprint density at radius 1 is 1.05 bits per heavy atom. The lowest BCUT2D eigenvalue weighted by Crippen LogP contribution is -2.59. The molecule has 0 aromatic carbocycles. The number of hydrogen-bond donors (Lipinski definition) is 0. The van der Waals surface area contributed by atoms with Gasteiger partial charge in [-0.05, 0) is 6.08 Å². The van der Waals surface area contributed by atoms with Gasteiger partial charge in [0.05, 0.1) is 7.11 Å². The van der Waals surface area contributed by atoms with Crippen molar-refractivity contribution in [2.75, 3.05) is 7.11 Å². The first-order valence-electron chi connectivity index (χ1n) is 5.30. The highest BCUT2D eigenvalue weighted by molar-refractivity contribution is 5.25. The lowest BCUT2D eigenvalue weighted by Gasteiger charge is -2.20. The van der Waals surface area contributed by atoms with E-state index >= 15 is 0 Å². The maximum atomic E-state index is 13.9.